The normalized spacial score (nSPS) is 13.2. The van der Waals surface area contributed by atoms with Crippen LogP contribution in [-0.2, 0) is 0 Å². The first-order valence-corrected chi connectivity index (χ1v) is 4.98. The monoisotopic (exact) mass is 225 g/mol. The number of fused-ring (bicyclic) bond motifs is 2. The maximum absolute atomic E-state index is 12.1. The molecule has 3 rings (SSSR count). The van der Waals surface area contributed by atoms with Gasteiger partial charge in [-0.3, -0.25) is 9.59 Å². The highest BCUT2D eigenvalue weighted by molar-refractivity contribution is 6.27. The third kappa shape index (κ3) is 1.25. The Hall–Kier alpha value is -2.56. The number of aromatic nitrogens is 2. The van der Waals surface area contributed by atoms with Crippen LogP contribution in [0.2, 0.25) is 0 Å². The van der Waals surface area contributed by atoms with Crippen LogP contribution in [-0.4, -0.2) is 21.5 Å². The Morgan fingerprint density at radius 1 is 0.882 bits per heavy atom. The van der Waals surface area contributed by atoms with Crippen molar-refractivity contribution in [1.29, 1.82) is 0 Å². The van der Waals surface area contributed by atoms with Crippen molar-refractivity contribution >= 4 is 17.3 Å². The molecule has 5 heteroatoms. The Bertz CT molecular complexity index is 665. The van der Waals surface area contributed by atoms with Crippen molar-refractivity contribution in [1.82, 2.24) is 9.97 Å². The lowest BCUT2D eigenvalue weighted by atomic mass is 9.89. The minimum atomic E-state index is -0.310. The second-order valence-corrected chi connectivity index (χ2v) is 3.72. The van der Waals surface area contributed by atoms with Crippen LogP contribution < -0.4 is 5.73 Å². The molecule has 0 amide bonds. The van der Waals surface area contributed by atoms with E-state index in [9.17, 15) is 9.59 Å². The van der Waals surface area contributed by atoms with E-state index in [0.717, 1.165) is 0 Å². The first-order chi connectivity index (χ1) is 8.18. The third-order valence-corrected chi connectivity index (χ3v) is 2.66. The van der Waals surface area contributed by atoms with E-state index >= 15 is 0 Å². The number of benzene rings is 1. The SMILES string of the molecule is Nc1ccc2c(c1)C(=O)c1nccnc1C2=O. The summed E-state index contributed by atoms with van der Waals surface area (Å²) in [5.74, 6) is -0.599. The van der Waals surface area contributed by atoms with Crippen molar-refractivity contribution in [3.05, 3.63) is 53.1 Å². The van der Waals surface area contributed by atoms with Crippen LogP contribution in [0.15, 0.2) is 30.6 Å². The quantitative estimate of drug-likeness (QED) is 0.573. The zero-order valence-corrected chi connectivity index (χ0v) is 8.68. The number of hydrogen-bond donors (Lipinski definition) is 1. The molecule has 17 heavy (non-hydrogen) atoms. The maximum Gasteiger partial charge on any atom is 0.214 e. The van der Waals surface area contributed by atoms with Crippen molar-refractivity contribution in [3.8, 4) is 0 Å². The summed E-state index contributed by atoms with van der Waals surface area (Å²) in [6, 6.07) is 4.63. The standard InChI is InChI=1S/C12H7N3O2/c13-6-1-2-7-8(5-6)12(17)10-9(11(7)16)14-3-4-15-10/h1-5H,13H2. The van der Waals surface area contributed by atoms with Gasteiger partial charge in [-0.15, -0.1) is 0 Å². The van der Waals surface area contributed by atoms with E-state index in [1.807, 2.05) is 0 Å². The van der Waals surface area contributed by atoms with Gasteiger partial charge in [-0.1, -0.05) is 0 Å². The predicted molar refractivity (Wildman–Crippen MR) is 59.8 cm³/mol. The first-order valence-electron chi connectivity index (χ1n) is 4.98. The van der Waals surface area contributed by atoms with Gasteiger partial charge in [-0.25, -0.2) is 9.97 Å². The highest BCUT2D eigenvalue weighted by Gasteiger charge is 2.31. The molecule has 1 aromatic carbocycles. The molecule has 1 heterocycles. The fraction of sp³-hybridized carbons (Fsp3) is 0. The van der Waals surface area contributed by atoms with E-state index in [1.54, 1.807) is 12.1 Å². The number of anilines is 1. The van der Waals surface area contributed by atoms with Crippen LogP contribution in [0.5, 0.6) is 0 Å². The van der Waals surface area contributed by atoms with E-state index in [0.29, 0.717) is 16.8 Å². The molecule has 0 saturated carbocycles. The molecule has 0 saturated heterocycles. The summed E-state index contributed by atoms with van der Waals surface area (Å²) >= 11 is 0. The van der Waals surface area contributed by atoms with E-state index < -0.39 is 0 Å². The number of carbonyl (C=O) groups excluding carboxylic acids is 2. The van der Waals surface area contributed by atoms with Gasteiger partial charge < -0.3 is 5.73 Å². The number of ketones is 2. The van der Waals surface area contributed by atoms with Gasteiger partial charge >= 0.3 is 0 Å². The molecule has 0 unspecified atom stereocenters. The first kappa shape index (κ1) is 9.65. The minimum absolute atomic E-state index is 0.0931. The molecule has 82 valence electrons. The van der Waals surface area contributed by atoms with Crippen molar-refractivity contribution in [3.63, 3.8) is 0 Å². The highest BCUT2D eigenvalue weighted by Crippen LogP contribution is 2.25. The van der Waals surface area contributed by atoms with Crippen molar-refractivity contribution in [2.45, 2.75) is 0 Å². The zero-order valence-electron chi connectivity index (χ0n) is 8.68. The molecular formula is C12H7N3O2. The molecule has 1 aromatic heterocycles. The van der Waals surface area contributed by atoms with Crippen molar-refractivity contribution < 1.29 is 9.59 Å². The smallest absolute Gasteiger partial charge is 0.214 e. The highest BCUT2D eigenvalue weighted by atomic mass is 16.1. The molecular weight excluding hydrogens is 218 g/mol. The summed E-state index contributed by atoms with van der Waals surface area (Å²) in [5, 5.41) is 0. The van der Waals surface area contributed by atoms with Crippen LogP contribution in [0.25, 0.3) is 0 Å². The predicted octanol–water partition coefficient (Wildman–Crippen LogP) is 0.834. The van der Waals surface area contributed by atoms with Gasteiger partial charge in [-0.2, -0.15) is 0 Å². The van der Waals surface area contributed by atoms with Crippen molar-refractivity contribution in [2.75, 3.05) is 5.73 Å². The summed E-state index contributed by atoms with van der Waals surface area (Å²) in [6.07, 6.45) is 2.79. The number of nitrogens with two attached hydrogens (primary N) is 1. The lowest BCUT2D eigenvalue weighted by molar-refractivity contribution is 0.0971. The van der Waals surface area contributed by atoms with Crippen LogP contribution in [0.4, 0.5) is 5.69 Å². The molecule has 1 aliphatic rings. The number of nitrogens with zero attached hydrogens (tertiary/aromatic N) is 2. The van der Waals surface area contributed by atoms with Crippen LogP contribution in [0.1, 0.15) is 32.1 Å². The van der Waals surface area contributed by atoms with E-state index in [1.165, 1.54) is 18.5 Å². The van der Waals surface area contributed by atoms with Gasteiger partial charge in [0.05, 0.1) is 0 Å². The van der Waals surface area contributed by atoms with Gasteiger partial charge in [0.15, 0.2) is 0 Å². The largest absolute Gasteiger partial charge is 0.399 e. The van der Waals surface area contributed by atoms with Gasteiger partial charge in [0.25, 0.3) is 0 Å². The fourth-order valence-electron chi connectivity index (χ4n) is 1.87. The number of carbonyl (C=O) groups is 2. The molecule has 0 bridgehead atoms. The third-order valence-electron chi connectivity index (χ3n) is 2.66. The number of hydrogen-bond acceptors (Lipinski definition) is 5. The molecule has 0 fully saturated rings. The summed E-state index contributed by atoms with van der Waals surface area (Å²) < 4.78 is 0. The van der Waals surface area contributed by atoms with E-state index in [4.69, 9.17) is 5.73 Å². The molecule has 0 atom stereocenters. The number of nitrogen functional groups attached to an aromatic ring is 1. The van der Waals surface area contributed by atoms with Crippen LogP contribution in [0, 0.1) is 0 Å². The Kier molecular flexibility index (Phi) is 1.82. The topological polar surface area (TPSA) is 85.9 Å². The van der Waals surface area contributed by atoms with Crippen molar-refractivity contribution in [2.24, 2.45) is 0 Å². The second-order valence-electron chi connectivity index (χ2n) is 3.72. The average Bonchev–Trinajstić information content (AvgIpc) is 2.36. The molecule has 2 aromatic rings. The fourth-order valence-corrected chi connectivity index (χ4v) is 1.87. The van der Waals surface area contributed by atoms with E-state index in [-0.39, 0.29) is 23.0 Å². The molecule has 2 N–H and O–H groups in total. The van der Waals surface area contributed by atoms with Gasteiger partial charge in [0.1, 0.15) is 11.4 Å². The van der Waals surface area contributed by atoms with Crippen LogP contribution in [0.3, 0.4) is 0 Å². The van der Waals surface area contributed by atoms with Gasteiger partial charge in [-0.05, 0) is 18.2 Å². The number of rotatable bonds is 0. The summed E-state index contributed by atoms with van der Waals surface area (Å²) in [7, 11) is 0. The Morgan fingerprint density at radius 2 is 1.47 bits per heavy atom. The van der Waals surface area contributed by atoms with Gasteiger partial charge in [0.2, 0.25) is 11.6 Å². The second kappa shape index (κ2) is 3.21. The molecule has 1 aliphatic carbocycles. The summed E-state index contributed by atoms with van der Waals surface area (Å²) in [6.45, 7) is 0. The molecule has 0 spiro atoms. The minimum Gasteiger partial charge on any atom is -0.399 e. The molecule has 0 radical (unpaired) electrons. The summed E-state index contributed by atoms with van der Waals surface area (Å²) in [5.41, 5.74) is 6.88. The average molecular weight is 225 g/mol. The van der Waals surface area contributed by atoms with E-state index in [2.05, 4.69) is 9.97 Å². The van der Waals surface area contributed by atoms with Gasteiger partial charge in [0, 0.05) is 29.2 Å². The lowest BCUT2D eigenvalue weighted by Gasteiger charge is -2.15. The maximum atomic E-state index is 12.1. The Labute approximate surface area is 96.3 Å². The Balaban J connectivity index is 2.33. The van der Waals surface area contributed by atoms with Crippen LogP contribution >= 0.6 is 0 Å². The molecule has 0 aliphatic heterocycles. The molecule has 5 nitrogen and oxygen atoms in total. The Morgan fingerprint density at radius 3 is 2.12 bits per heavy atom. The summed E-state index contributed by atoms with van der Waals surface area (Å²) in [4.78, 5) is 32.0. The zero-order chi connectivity index (χ0) is 12.0. The lowest BCUT2D eigenvalue weighted by Crippen LogP contribution is -2.23.